The third-order valence-corrected chi connectivity index (χ3v) is 2.40. The van der Waals surface area contributed by atoms with Crippen molar-refractivity contribution in [1.29, 1.82) is 5.26 Å². The van der Waals surface area contributed by atoms with Gasteiger partial charge in [-0.2, -0.15) is 5.26 Å². The average molecular weight is 247 g/mol. The van der Waals surface area contributed by atoms with Crippen LogP contribution in [0.5, 0.6) is 0 Å². The second-order valence-electron chi connectivity index (χ2n) is 4.67. The van der Waals surface area contributed by atoms with Crippen LogP contribution in [-0.2, 0) is 4.74 Å². The molecule has 3 N–H and O–H groups in total. The molecule has 1 aromatic rings. The molecule has 4 heteroatoms. The monoisotopic (exact) mass is 247 g/mol. The highest BCUT2D eigenvalue weighted by Gasteiger charge is 2.01. The summed E-state index contributed by atoms with van der Waals surface area (Å²) in [5.74, 6) is 0.570. The molecule has 0 aliphatic heterocycles. The van der Waals surface area contributed by atoms with Gasteiger partial charge in [-0.15, -0.1) is 0 Å². The lowest BCUT2D eigenvalue weighted by Gasteiger charge is -2.10. The molecule has 4 nitrogen and oxygen atoms in total. The Bertz CT molecular complexity index is 410. The Kier molecular flexibility index (Phi) is 6.03. The first-order valence-electron chi connectivity index (χ1n) is 6.24. The van der Waals surface area contributed by atoms with Gasteiger partial charge in [-0.3, -0.25) is 0 Å². The van der Waals surface area contributed by atoms with Gasteiger partial charge in [0, 0.05) is 25.4 Å². The molecular formula is C14H21N3O. The van der Waals surface area contributed by atoms with Crippen molar-refractivity contribution < 1.29 is 4.74 Å². The quantitative estimate of drug-likeness (QED) is 0.574. The van der Waals surface area contributed by atoms with Gasteiger partial charge in [-0.1, -0.05) is 13.8 Å². The zero-order chi connectivity index (χ0) is 13.4. The number of hydrogen-bond donors (Lipinski definition) is 2. The number of benzene rings is 1. The maximum atomic E-state index is 8.97. The van der Waals surface area contributed by atoms with Crippen molar-refractivity contribution in [3.8, 4) is 6.07 Å². The summed E-state index contributed by atoms with van der Waals surface area (Å²) in [6, 6.07) is 7.43. The van der Waals surface area contributed by atoms with Crippen LogP contribution in [0, 0.1) is 17.2 Å². The fourth-order valence-electron chi connectivity index (χ4n) is 1.52. The summed E-state index contributed by atoms with van der Waals surface area (Å²) < 4.78 is 5.48. The van der Waals surface area contributed by atoms with E-state index in [-0.39, 0.29) is 0 Å². The van der Waals surface area contributed by atoms with E-state index in [9.17, 15) is 0 Å². The van der Waals surface area contributed by atoms with E-state index in [1.54, 1.807) is 12.1 Å². The molecule has 0 saturated carbocycles. The molecule has 0 aliphatic carbocycles. The van der Waals surface area contributed by atoms with Crippen molar-refractivity contribution in [2.24, 2.45) is 5.92 Å². The molecular weight excluding hydrogens is 226 g/mol. The Morgan fingerprint density at radius 3 is 2.89 bits per heavy atom. The molecule has 0 spiro atoms. The Hall–Kier alpha value is -1.73. The van der Waals surface area contributed by atoms with Gasteiger partial charge < -0.3 is 15.8 Å². The third-order valence-electron chi connectivity index (χ3n) is 2.40. The number of nitrogen functional groups attached to an aromatic ring is 1. The van der Waals surface area contributed by atoms with Crippen LogP contribution in [-0.4, -0.2) is 19.8 Å². The third kappa shape index (κ3) is 5.07. The van der Waals surface area contributed by atoms with E-state index in [0.29, 0.717) is 17.2 Å². The minimum Gasteiger partial charge on any atom is -0.399 e. The lowest BCUT2D eigenvalue weighted by atomic mass is 10.1. The number of ether oxygens (including phenoxy) is 1. The molecule has 98 valence electrons. The van der Waals surface area contributed by atoms with Crippen molar-refractivity contribution in [3.63, 3.8) is 0 Å². The smallest absolute Gasteiger partial charge is 0.101 e. The van der Waals surface area contributed by atoms with Crippen LogP contribution in [0.15, 0.2) is 18.2 Å². The minimum absolute atomic E-state index is 0.570. The standard InChI is InChI=1S/C14H21N3O/c1-11(2)10-18-7-3-6-17-14-5-4-13(16)8-12(14)9-15/h4-5,8,11,17H,3,6-7,10,16H2,1-2H3. The number of nitrogens with two attached hydrogens (primary N) is 1. The molecule has 1 rings (SSSR count). The number of nitrogens with one attached hydrogen (secondary N) is 1. The van der Waals surface area contributed by atoms with Crippen LogP contribution in [0.1, 0.15) is 25.8 Å². The summed E-state index contributed by atoms with van der Waals surface area (Å²) in [4.78, 5) is 0. The Morgan fingerprint density at radius 1 is 1.44 bits per heavy atom. The molecule has 0 aromatic heterocycles. The van der Waals surface area contributed by atoms with E-state index in [2.05, 4.69) is 25.2 Å². The fourth-order valence-corrected chi connectivity index (χ4v) is 1.52. The highest BCUT2D eigenvalue weighted by molar-refractivity contribution is 5.62. The zero-order valence-electron chi connectivity index (χ0n) is 11.1. The molecule has 1 aromatic carbocycles. The first kappa shape index (κ1) is 14.3. The normalized spacial score (nSPS) is 10.3. The summed E-state index contributed by atoms with van der Waals surface area (Å²) in [5.41, 5.74) is 7.65. The van der Waals surface area contributed by atoms with Gasteiger partial charge >= 0.3 is 0 Å². The number of nitriles is 1. The molecule has 0 atom stereocenters. The molecule has 0 unspecified atom stereocenters. The molecule has 0 bridgehead atoms. The van der Waals surface area contributed by atoms with Crippen molar-refractivity contribution >= 4 is 11.4 Å². The summed E-state index contributed by atoms with van der Waals surface area (Å²) in [7, 11) is 0. The van der Waals surface area contributed by atoms with Crippen molar-refractivity contribution in [3.05, 3.63) is 23.8 Å². The van der Waals surface area contributed by atoms with Crippen LogP contribution in [0.25, 0.3) is 0 Å². The van der Waals surface area contributed by atoms with E-state index < -0.39 is 0 Å². The van der Waals surface area contributed by atoms with Gasteiger partial charge in [0.1, 0.15) is 6.07 Å². The minimum atomic E-state index is 0.570. The molecule has 0 saturated heterocycles. The van der Waals surface area contributed by atoms with Crippen LogP contribution in [0.3, 0.4) is 0 Å². The van der Waals surface area contributed by atoms with Crippen molar-refractivity contribution in [2.45, 2.75) is 20.3 Å². The van der Waals surface area contributed by atoms with Gasteiger partial charge in [0.25, 0.3) is 0 Å². The van der Waals surface area contributed by atoms with E-state index in [1.165, 1.54) is 0 Å². The van der Waals surface area contributed by atoms with Gasteiger partial charge in [-0.25, -0.2) is 0 Å². The topological polar surface area (TPSA) is 71.1 Å². The Balaban J connectivity index is 2.29. The van der Waals surface area contributed by atoms with Gasteiger partial charge in [-0.05, 0) is 30.5 Å². The van der Waals surface area contributed by atoms with Gasteiger partial charge in [0.05, 0.1) is 11.3 Å². The summed E-state index contributed by atoms with van der Waals surface area (Å²) in [6.45, 7) is 6.59. The first-order chi connectivity index (χ1) is 8.63. The molecule has 0 aliphatic rings. The van der Waals surface area contributed by atoms with E-state index in [4.69, 9.17) is 15.7 Å². The van der Waals surface area contributed by atoms with Crippen molar-refractivity contribution in [2.75, 3.05) is 30.8 Å². The highest BCUT2D eigenvalue weighted by Crippen LogP contribution is 2.17. The van der Waals surface area contributed by atoms with Crippen molar-refractivity contribution in [1.82, 2.24) is 0 Å². The Labute approximate surface area is 109 Å². The lowest BCUT2D eigenvalue weighted by molar-refractivity contribution is 0.110. The molecule has 0 radical (unpaired) electrons. The van der Waals surface area contributed by atoms with Gasteiger partial charge in [0.15, 0.2) is 0 Å². The highest BCUT2D eigenvalue weighted by atomic mass is 16.5. The summed E-state index contributed by atoms with van der Waals surface area (Å²) >= 11 is 0. The molecule has 0 fully saturated rings. The van der Waals surface area contributed by atoms with E-state index >= 15 is 0 Å². The maximum Gasteiger partial charge on any atom is 0.101 e. The van der Waals surface area contributed by atoms with E-state index in [1.807, 2.05) is 6.07 Å². The summed E-state index contributed by atoms with van der Waals surface area (Å²) in [5, 5.41) is 12.2. The lowest BCUT2D eigenvalue weighted by Crippen LogP contribution is -2.09. The fraction of sp³-hybridized carbons (Fsp3) is 0.500. The second-order valence-corrected chi connectivity index (χ2v) is 4.67. The zero-order valence-corrected chi connectivity index (χ0v) is 11.1. The molecule has 18 heavy (non-hydrogen) atoms. The number of rotatable bonds is 7. The number of anilines is 2. The maximum absolute atomic E-state index is 8.97. The average Bonchev–Trinajstić information content (AvgIpc) is 2.34. The predicted octanol–water partition coefficient (Wildman–Crippen LogP) is 2.62. The molecule has 0 heterocycles. The van der Waals surface area contributed by atoms with Gasteiger partial charge in [0.2, 0.25) is 0 Å². The number of nitrogens with zero attached hydrogens (tertiary/aromatic N) is 1. The largest absolute Gasteiger partial charge is 0.399 e. The van der Waals surface area contributed by atoms with Crippen LogP contribution in [0.4, 0.5) is 11.4 Å². The molecule has 0 amide bonds. The summed E-state index contributed by atoms with van der Waals surface area (Å²) in [6.07, 6.45) is 0.919. The number of hydrogen-bond acceptors (Lipinski definition) is 4. The van der Waals surface area contributed by atoms with Crippen LogP contribution < -0.4 is 11.1 Å². The first-order valence-corrected chi connectivity index (χ1v) is 6.24. The second kappa shape index (κ2) is 7.57. The SMILES string of the molecule is CC(C)COCCCNc1ccc(N)cc1C#N. The van der Waals surface area contributed by atoms with E-state index in [0.717, 1.165) is 31.9 Å². The van der Waals surface area contributed by atoms with Crippen LogP contribution in [0.2, 0.25) is 0 Å². The Morgan fingerprint density at radius 2 is 2.22 bits per heavy atom. The van der Waals surface area contributed by atoms with Crippen LogP contribution >= 0.6 is 0 Å². The predicted molar refractivity (Wildman–Crippen MR) is 74.3 cm³/mol.